The molecular weight excluding hydrogens is 625 g/mol. The molecule has 0 bridgehead atoms. The summed E-state index contributed by atoms with van der Waals surface area (Å²) in [4.78, 5) is 24.9. The van der Waals surface area contributed by atoms with Gasteiger partial charge < -0.3 is 27.9 Å². The Bertz CT molecular complexity index is 911. The van der Waals surface area contributed by atoms with Gasteiger partial charge in [-0.15, -0.1) is 0 Å². The fraction of sp³-hybridized carbons (Fsp3) is 0.769. The van der Waals surface area contributed by atoms with Crippen molar-refractivity contribution >= 4 is 13.8 Å². The highest BCUT2D eigenvalue weighted by atomic mass is 31.2. The summed E-state index contributed by atoms with van der Waals surface area (Å²) in [6, 6.07) is 0. The van der Waals surface area contributed by atoms with Gasteiger partial charge in [-0.1, -0.05) is 107 Å². The quantitative estimate of drug-likeness (QED) is 0.0217. The molecule has 0 aromatic heterocycles. The minimum absolute atomic E-state index is 0.0181. The van der Waals surface area contributed by atoms with Crippen molar-refractivity contribution in [1.82, 2.24) is 0 Å². The van der Waals surface area contributed by atoms with Crippen molar-refractivity contribution in [3.8, 4) is 0 Å². The van der Waals surface area contributed by atoms with Crippen molar-refractivity contribution in [2.45, 2.75) is 142 Å². The average molecular weight is 698 g/mol. The summed E-state index contributed by atoms with van der Waals surface area (Å²) in [5.74, 6) is -0.356. The van der Waals surface area contributed by atoms with Gasteiger partial charge >= 0.3 is 5.97 Å². The van der Waals surface area contributed by atoms with E-state index in [-0.39, 0.29) is 25.8 Å². The van der Waals surface area contributed by atoms with Crippen molar-refractivity contribution in [2.24, 2.45) is 0 Å². The summed E-state index contributed by atoms with van der Waals surface area (Å²) in [6.07, 6.45) is 36.9. The third kappa shape index (κ3) is 35.8. The summed E-state index contributed by atoms with van der Waals surface area (Å²) >= 11 is 0. The second kappa shape index (κ2) is 32.7. The molecule has 0 rings (SSSR count). The summed E-state index contributed by atoms with van der Waals surface area (Å²) < 4.78 is 34.4. The zero-order chi connectivity index (χ0) is 35.6. The molecule has 0 spiro atoms. The van der Waals surface area contributed by atoms with Gasteiger partial charge in [-0.3, -0.25) is 9.36 Å². The highest BCUT2D eigenvalue weighted by Crippen LogP contribution is 2.38. The van der Waals surface area contributed by atoms with E-state index >= 15 is 0 Å². The molecule has 0 amide bonds. The normalized spacial score (nSPS) is 14.5. The Morgan fingerprint density at radius 2 is 1.21 bits per heavy atom. The van der Waals surface area contributed by atoms with Crippen LogP contribution in [0.3, 0.4) is 0 Å². The summed E-state index contributed by atoms with van der Waals surface area (Å²) in [5.41, 5.74) is 0. The maximum Gasteiger partial charge on any atom is 0.306 e. The third-order valence-electron chi connectivity index (χ3n) is 7.61. The van der Waals surface area contributed by atoms with Gasteiger partial charge in [0.15, 0.2) is 0 Å². The van der Waals surface area contributed by atoms with E-state index in [2.05, 4.69) is 62.5 Å². The van der Waals surface area contributed by atoms with Crippen LogP contribution in [-0.2, 0) is 27.9 Å². The van der Waals surface area contributed by atoms with Crippen LogP contribution in [0.1, 0.15) is 136 Å². The van der Waals surface area contributed by atoms with Crippen molar-refractivity contribution in [3.63, 3.8) is 0 Å². The topological polar surface area (TPSA) is 94.1 Å². The lowest BCUT2D eigenvalue weighted by atomic mass is 10.1. The van der Waals surface area contributed by atoms with Crippen LogP contribution >= 0.6 is 7.82 Å². The number of ether oxygens (including phenoxy) is 2. The van der Waals surface area contributed by atoms with E-state index in [1.165, 1.54) is 32.1 Å². The molecule has 0 N–H and O–H groups in total. The van der Waals surface area contributed by atoms with E-state index in [1.807, 2.05) is 21.1 Å². The molecule has 0 aliphatic heterocycles. The number of likely N-dealkylation sites (N-methyl/N-ethyl adjacent to an activating group) is 1. The highest BCUT2D eigenvalue weighted by Gasteiger charge is 2.20. The zero-order valence-electron chi connectivity index (χ0n) is 31.4. The van der Waals surface area contributed by atoms with Crippen molar-refractivity contribution < 1.29 is 37.3 Å². The predicted molar refractivity (Wildman–Crippen MR) is 199 cm³/mol. The molecule has 280 valence electrons. The number of carbonyl (C=O) groups is 1. The van der Waals surface area contributed by atoms with Crippen molar-refractivity contribution in [2.75, 3.05) is 54.1 Å². The average Bonchev–Trinajstić information content (AvgIpc) is 3.03. The Balaban J connectivity index is 4.38. The first-order valence-electron chi connectivity index (χ1n) is 18.9. The zero-order valence-corrected chi connectivity index (χ0v) is 32.3. The van der Waals surface area contributed by atoms with Crippen LogP contribution in [0.15, 0.2) is 48.6 Å². The molecule has 0 radical (unpaired) electrons. The number of hydrogen-bond acceptors (Lipinski definition) is 7. The number of hydrogen-bond donors (Lipinski definition) is 0. The molecular formula is C39H72NO7P. The van der Waals surface area contributed by atoms with Gasteiger partial charge in [0.25, 0.3) is 7.82 Å². The van der Waals surface area contributed by atoms with Crippen LogP contribution in [0.2, 0.25) is 0 Å². The monoisotopic (exact) mass is 698 g/mol. The minimum atomic E-state index is -4.53. The fourth-order valence-electron chi connectivity index (χ4n) is 4.67. The number of esters is 1. The number of phosphoric acid groups is 1. The molecule has 0 aliphatic rings. The van der Waals surface area contributed by atoms with Crippen LogP contribution < -0.4 is 4.89 Å². The number of allylic oxidation sites excluding steroid dienone is 8. The van der Waals surface area contributed by atoms with Gasteiger partial charge in [0, 0.05) is 13.0 Å². The molecule has 0 aromatic carbocycles. The standard InChI is InChI=1S/C39H72NO7P/c1-6-8-10-12-14-16-18-20-21-23-25-27-29-31-34-44-36-38(37-46-48(42,43)45-35-33-40(3,4)5)47-39(41)32-30-28-26-24-22-19-17-15-13-11-9-7-2/h8,10,14-17,20-21,38H,6-7,9,11-13,18-19,22-37H2,1-5H3/b10-8-,16-14-,17-15-,21-20-. The first-order chi connectivity index (χ1) is 23.1. The lowest BCUT2D eigenvalue weighted by molar-refractivity contribution is -0.870. The van der Waals surface area contributed by atoms with Crippen LogP contribution in [-0.4, -0.2) is 70.7 Å². The third-order valence-corrected chi connectivity index (χ3v) is 8.58. The molecule has 2 unspecified atom stereocenters. The van der Waals surface area contributed by atoms with Gasteiger partial charge in [0.05, 0.1) is 34.4 Å². The molecule has 9 heteroatoms. The van der Waals surface area contributed by atoms with Gasteiger partial charge in [-0.25, -0.2) is 0 Å². The van der Waals surface area contributed by atoms with E-state index in [4.69, 9.17) is 18.5 Å². The lowest BCUT2D eigenvalue weighted by Crippen LogP contribution is -2.37. The number of unbranched alkanes of at least 4 members (excludes halogenated alkanes) is 12. The number of quaternary nitrogens is 1. The predicted octanol–water partition coefficient (Wildman–Crippen LogP) is 9.80. The van der Waals surface area contributed by atoms with Crippen LogP contribution in [0.5, 0.6) is 0 Å². The van der Waals surface area contributed by atoms with Crippen molar-refractivity contribution in [1.29, 1.82) is 0 Å². The first kappa shape index (κ1) is 46.5. The fourth-order valence-corrected chi connectivity index (χ4v) is 5.40. The molecule has 0 aromatic rings. The van der Waals surface area contributed by atoms with Gasteiger partial charge in [-0.2, -0.15) is 0 Å². The molecule has 0 fully saturated rings. The molecule has 0 saturated carbocycles. The Morgan fingerprint density at radius 1 is 0.667 bits per heavy atom. The maximum atomic E-state index is 12.6. The Hall–Kier alpha value is -1.54. The molecule has 2 atom stereocenters. The Kier molecular flexibility index (Phi) is 31.6. The van der Waals surface area contributed by atoms with E-state index in [1.54, 1.807) is 0 Å². The number of phosphoric ester groups is 1. The second-order valence-corrected chi connectivity index (χ2v) is 15.0. The van der Waals surface area contributed by atoms with Crippen LogP contribution in [0.4, 0.5) is 0 Å². The molecule has 0 heterocycles. The van der Waals surface area contributed by atoms with E-state index < -0.39 is 13.9 Å². The maximum absolute atomic E-state index is 12.6. The van der Waals surface area contributed by atoms with Gasteiger partial charge in [-0.05, 0) is 70.6 Å². The minimum Gasteiger partial charge on any atom is -0.756 e. The number of nitrogens with zero attached hydrogens (tertiary/aromatic N) is 1. The van der Waals surface area contributed by atoms with Gasteiger partial charge in [0.1, 0.15) is 19.3 Å². The second-order valence-electron chi connectivity index (χ2n) is 13.5. The Labute approximate surface area is 295 Å². The number of rotatable bonds is 34. The molecule has 0 saturated heterocycles. The van der Waals surface area contributed by atoms with E-state index in [0.717, 1.165) is 83.5 Å². The Morgan fingerprint density at radius 3 is 1.83 bits per heavy atom. The summed E-state index contributed by atoms with van der Waals surface area (Å²) in [6.45, 7) is 5.18. The highest BCUT2D eigenvalue weighted by molar-refractivity contribution is 7.45. The van der Waals surface area contributed by atoms with Crippen LogP contribution in [0, 0.1) is 0 Å². The summed E-state index contributed by atoms with van der Waals surface area (Å²) in [5, 5.41) is 0. The molecule has 8 nitrogen and oxygen atoms in total. The van der Waals surface area contributed by atoms with Crippen molar-refractivity contribution in [3.05, 3.63) is 48.6 Å². The van der Waals surface area contributed by atoms with E-state index in [9.17, 15) is 14.3 Å². The lowest BCUT2D eigenvalue weighted by Gasteiger charge is -2.28. The SMILES string of the molecule is CC/C=C\C/C=C\C/C=C\CCCCCCOCC(COP(=O)([O-])OCC[N+](C)(C)C)OC(=O)CCCCCCC/C=C\CCCCC. The van der Waals surface area contributed by atoms with Crippen LogP contribution in [0.25, 0.3) is 0 Å². The largest absolute Gasteiger partial charge is 0.756 e. The number of carbonyl (C=O) groups excluding carboxylic acids is 1. The van der Waals surface area contributed by atoms with E-state index in [0.29, 0.717) is 24.1 Å². The smallest absolute Gasteiger partial charge is 0.306 e. The molecule has 48 heavy (non-hydrogen) atoms. The first-order valence-corrected chi connectivity index (χ1v) is 20.3. The summed E-state index contributed by atoms with van der Waals surface area (Å²) in [7, 11) is 1.33. The van der Waals surface area contributed by atoms with Gasteiger partial charge in [0.2, 0.25) is 0 Å². The molecule has 0 aliphatic carbocycles.